The molecule has 33 heavy (non-hydrogen) atoms. The average Bonchev–Trinajstić information content (AvgIpc) is 2.78. The molecule has 168 valence electrons. The maximum atomic E-state index is 13.0. The highest BCUT2D eigenvalue weighted by Crippen LogP contribution is 2.35. The van der Waals surface area contributed by atoms with Crippen LogP contribution in [0.15, 0.2) is 69.6 Å². The fraction of sp³-hybridized carbons (Fsp3) is 0.125. The first-order chi connectivity index (χ1) is 15.6. The molecule has 3 aromatic carbocycles. The Bertz CT molecular complexity index is 1350. The van der Waals surface area contributed by atoms with Crippen molar-refractivity contribution in [2.75, 3.05) is 11.9 Å². The minimum absolute atomic E-state index is 0.122. The minimum atomic E-state index is -4.98. The van der Waals surface area contributed by atoms with Gasteiger partial charge in [-0.1, -0.05) is 56.1 Å². The highest BCUT2D eigenvalue weighted by atomic mass is 79.9. The third kappa shape index (κ3) is 4.65. The molecule has 4 nitrogen and oxygen atoms in total. The lowest BCUT2D eigenvalue weighted by atomic mass is 10.0. The van der Waals surface area contributed by atoms with E-state index >= 15 is 0 Å². The summed E-state index contributed by atoms with van der Waals surface area (Å²) in [6.45, 7) is 1.64. The van der Waals surface area contributed by atoms with Crippen molar-refractivity contribution in [2.24, 2.45) is 0 Å². The highest BCUT2D eigenvalue weighted by molar-refractivity contribution is 9.10. The number of nitrogens with zero attached hydrogens (tertiary/aromatic N) is 3. The number of halogens is 5. The van der Waals surface area contributed by atoms with Crippen molar-refractivity contribution in [3.63, 3.8) is 0 Å². The summed E-state index contributed by atoms with van der Waals surface area (Å²) in [6, 6.07) is 18.2. The van der Waals surface area contributed by atoms with Gasteiger partial charge in [0.25, 0.3) is 0 Å². The van der Waals surface area contributed by atoms with E-state index in [2.05, 4.69) is 31.9 Å². The summed E-state index contributed by atoms with van der Waals surface area (Å²) in [5, 5.41) is 0. The van der Waals surface area contributed by atoms with Crippen LogP contribution in [0.4, 0.5) is 18.9 Å². The number of fused-ring (bicyclic) bond motifs is 1. The Kier molecular flexibility index (Phi) is 6.28. The Morgan fingerprint density at radius 3 is 1.79 bits per heavy atom. The van der Waals surface area contributed by atoms with Crippen LogP contribution >= 0.6 is 31.9 Å². The zero-order chi connectivity index (χ0) is 23.9. The Morgan fingerprint density at radius 1 is 0.818 bits per heavy atom. The van der Waals surface area contributed by atoms with Crippen molar-refractivity contribution < 1.29 is 18.0 Å². The van der Waals surface area contributed by atoms with Crippen LogP contribution < -0.4 is 4.90 Å². The Hall–Kier alpha value is -2.78. The van der Waals surface area contributed by atoms with Gasteiger partial charge in [0.1, 0.15) is 0 Å². The number of hydrogen-bond donors (Lipinski definition) is 0. The van der Waals surface area contributed by atoms with E-state index in [1.807, 2.05) is 48.5 Å². The van der Waals surface area contributed by atoms with Crippen LogP contribution in [0.2, 0.25) is 0 Å². The predicted octanol–water partition coefficient (Wildman–Crippen LogP) is 7.32. The van der Waals surface area contributed by atoms with Crippen molar-refractivity contribution in [2.45, 2.75) is 13.1 Å². The largest absolute Gasteiger partial charge is 0.471 e. The first-order valence-corrected chi connectivity index (χ1v) is 11.3. The Labute approximate surface area is 204 Å². The Morgan fingerprint density at radius 2 is 1.30 bits per heavy atom. The molecule has 1 heterocycles. The summed E-state index contributed by atoms with van der Waals surface area (Å²) in [4.78, 5) is 22.0. The lowest BCUT2D eigenvalue weighted by Crippen LogP contribution is -2.38. The smallest absolute Gasteiger partial charge is 0.307 e. The van der Waals surface area contributed by atoms with Gasteiger partial charge in [0, 0.05) is 38.4 Å². The van der Waals surface area contributed by atoms with E-state index in [0.29, 0.717) is 32.9 Å². The molecule has 0 saturated carbocycles. The maximum absolute atomic E-state index is 13.0. The molecule has 0 spiro atoms. The number of aryl methyl sites for hydroxylation is 1. The molecule has 9 heteroatoms. The maximum Gasteiger partial charge on any atom is 0.471 e. The molecule has 0 radical (unpaired) electrons. The van der Waals surface area contributed by atoms with Gasteiger partial charge in [-0.15, -0.1) is 0 Å². The number of anilines is 1. The predicted molar refractivity (Wildman–Crippen MR) is 130 cm³/mol. The molecular weight excluding hydrogens is 563 g/mol. The molecule has 0 N–H and O–H groups in total. The molecule has 0 bridgehead atoms. The van der Waals surface area contributed by atoms with Gasteiger partial charge in [-0.25, -0.2) is 9.97 Å². The lowest BCUT2D eigenvalue weighted by Gasteiger charge is -2.22. The zero-order valence-electron chi connectivity index (χ0n) is 17.4. The highest BCUT2D eigenvalue weighted by Gasteiger charge is 2.42. The second-order valence-corrected chi connectivity index (χ2v) is 9.21. The number of carbonyl (C=O) groups is 1. The Balaban J connectivity index is 1.95. The summed E-state index contributed by atoms with van der Waals surface area (Å²) in [5.74, 6) is -1.95. The molecule has 0 atom stereocenters. The zero-order valence-corrected chi connectivity index (χ0v) is 20.6. The molecule has 1 aromatic heterocycles. The van der Waals surface area contributed by atoms with E-state index < -0.39 is 12.1 Å². The fourth-order valence-corrected chi connectivity index (χ4v) is 4.05. The van der Waals surface area contributed by atoms with E-state index in [4.69, 9.17) is 9.97 Å². The van der Waals surface area contributed by atoms with Crippen molar-refractivity contribution in [1.29, 1.82) is 0 Å². The van der Waals surface area contributed by atoms with Gasteiger partial charge in [-0.3, -0.25) is 4.79 Å². The molecule has 0 unspecified atom stereocenters. The molecule has 0 fully saturated rings. The molecular formula is C24H16Br2F3N3O. The van der Waals surface area contributed by atoms with Crippen LogP contribution in [0.1, 0.15) is 5.56 Å². The molecule has 0 aliphatic rings. The molecule has 4 rings (SSSR count). The first-order valence-electron chi connectivity index (χ1n) is 9.74. The summed E-state index contributed by atoms with van der Waals surface area (Å²) in [6.07, 6.45) is -4.98. The van der Waals surface area contributed by atoms with E-state index in [1.54, 1.807) is 13.0 Å². The van der Waals surface area contributed by atoms with Crippen molar-refractivity contribution >= 4 is 54.5 Å². The van der Waals surface area contributed by atoms with Gasteiger partial charge < -0.3 is 4.90 Å². The number of alkyl halides is 3. The van der Waals surface area contributed by atoms with Crippen LogP contribution in [0, 0.1) is 6.92 Å². The summed E-state index contributed by atoms with van der Waals surface area (Å²) in [7, 11) is 1.10. The van der Waals surface area contributed by atoms with Crippen LogP contribution in [0.5, 0.6) is 0 Å². The number of rotatable bonds is 3. The van der Waals surface area contributed by atoms with Gasteiger partial charge >= 0.3 is 12.1 Å². The lowest BCUT2D eigenvalue weighted by molar-refractivity contribution is -0.170. The molecule has 1 amide bonds. The van der Waals surface area contributed by atoms with E-state index in [0.717, 1.165) is 27.1 Å². The summed E-state index contributed by atoms with van der Waals surface area (Å²) < 4.78 is 40.8. The second-order valence-electron chi connectivity index (χ2n) is 7.37. The average molecular weight is 579 g/mol. The van der Waals surface area contributed by atoms with E-state index in [9.17, 15) is 18.0 Å². The normalized spacial score (nSPS) is 11.6. The third-order valence-electron chi connectivity index (χ3n) is 5.21. The molecule has 0 aliphatic heterocycles. The summed E-state index contributed by atoms with van der Waals surface area (Å²) >= 11 is 6.86. The van der Waals surface area contributed by atoms with Crippen molar-refractivity contribution in [1.82, 2.24) is 9.97 Å². The topological polar surface area (TPSA) is 46.1 Å². The fourth-order valence-electron chi connectivity index (χ4n) is 3.53. The van der Waals surface area contributed by atoms with Crippen molar-refractivity contribution in [3.8, 4) is 22.5 Å². The quantitative estimate of drug-likeness (QED) is 0.256. The van der Waals surface area contributed by atoms with Gasteiger partial charge in [0.2, 0.25) is 0 Å². The van der Waals surface area contributed by atoms with E-state index in [1.165, 1.54) is 6.07 Å². The van der Waals surface area contributed by atoms with Crippen LogP contribution in [0.3, 0.4) is 0 Å². The van der Waals surface area contributed by atoms with Crippen LogP contribution in [-0.2, 0) is 4.79 Å². The second kappa shape index (κ2) is 8.87. The van der Waals surface area contributed by atoms with Crippen molar-refractivity contribution in [3.05, 3.63) is 75.2 Å². The summed E-state index contributed by atoms with van der Waals surface area (Å²) in [5.41, 5.74) is 4.37. The van der Waals surface area contributed by atoms with Gasteiger partial charge in [0.15, 0.2) is 0 Å². The first kappa shape index (κ1) is 23.4. The molecule has 0 aliphatic carbocycles. The number of hydrogen-bond acceptors (Lipinski definition) is 3. The van der Waals surface area contributed by atoms with Gasteiger partial charge in [-0.2, -0.15) is 13.2 Å². The molecule has 4 aromatic rings. The SMILES string of the molecule is Cc1c(N(C)C(=O)C(F)(F)F)ccc2nc(-c3ccc(Br)cc3)c(-c3ccc(Br)cc3)nc12. The van der Waals surface area contributed by atoms with Crippen LogP contribution in [0.25, 0.3) is 33.5 Å². The molecule has 0 saturated heterocycles. The van der Waals surface area contributed by atoms with Gasteiger partial charge in [0.05, 0.1) is 22.4 Å². The minimum Gasteiger partial charge on any atom is -0.307 e. The standard InChI is InChI=1S/C24H16Br2F3N3O/c1-13-19(32(2)23(33)24(27,28)29)12-11-18-20(13)31-22(15-5-9-17(26)10-6-15)21(30-18)14-3-7-16(25)8-4-14/h3-12H,1-2H3. The number of aromatic nitrogens is 2. The third-order valence-corrected chi connectivity index (χ3v) is 6.26. The van der Waals surface area contributed by atoms with E-state index in [-0.39, 0.29) is 5.69 Å². The van der Waals surface area contributed by atoms with Crippen LogP contribution in [-0.4, -0.2) is 29.1 Å². The monoisotopic (exact) mass is 577 g/mol. The number of benzene rings is 3. The number of amides is 1. The van der Waals surface area contributed by atoms with Gasteiger partial charge in [-0.05, 0) is 43.3 Å². The number of carbonyl (C=O) groups excluding carboxylic acids is 1.